The Morgan fingerprint density at radius 1 is 1.28 bits per heavy atom. The van der Waals surface area contributed by atoms with Crippen LogP contribution >= 0.6 is 0 Å². The molecule has 0 amide bonds. The minimum Gasteiger partial charge on any atom is -0.396 e. The molecule has 154 valence electrons. The van der Waals surface area contributed by atoms with Crippen molar-refractivity contribution in [3.63, 3.8) is 0 Å². The molecule has 2 aliphatic rings. The Hall–Kier alpha value is -2.60. The van der Waals surface area contributed by atoms with E-state index in [9.17, 15) is 9.50 Å². The summed E-state index contributed by atoms with van der Waals surface area (Å²) >= 11 is 0. The largest absolute Gasteiger partial charge is 0.396 e. The van der Waals surface area contributed by atoms with Crippen LogP contribution in [0.15, 0.2) is 42.4 Å². The molecule has 3 heterocycles. The number of anilines is 4. The summed E-state index contributed by atoms with van der Waals surface area (Å²) in [7, 11) is 0. The second-order valence-corrected chi connectivity index (χ2v) is 8.25. The molecule has 6 heteroatoms. The zero-order valence-electron chi connectivity index (χ0n) is 17.1. The van der Waals surface area contributed by atoms with Crippen LogP contribution in [-0.2, 0) is 0 Å². The number of aromatic nitrogens is 1. The summed E-state index contributed by atoms with van der Waals surface area (Å²) in [5.41, 5.74) is 3.95. The van der Waals surface area contributed by atoms with Crippen molar-refractivity contribution in [2.24, 2.45) is 5.92 Å². The number of nitrogens with one attached hydrogen (secondary N) is 1. The molecular formula is C23H29FN4O. The van der Waals surface area contributed by atoms with Gasteiger partial charge in [0.25, 0.3) is 0 Å². The second kappa shape index (κ2) is 8.41. The van der Waals surface area contributed by atoms with E-state index in [4.69, 9.17) is 0 Å². The van der Waals surface area contributed by atoms with Crippen LogP contribution in [0.4, 0.5) is 27.3 Å². The summed E-state index contributed by atoms with van der Waals surface area (Å²) in [6.07, 6.45) is 5.51. The van der Waals surface area contributed by atoms with E-state index in [0.717, 1.165) is 48.7 Å². The highest BCUT2D eigenvalue weighted by molar-refractivity contribution is 5.75. The minimum absolute atomic E-state index is 0.134. The monoisotopic (exact) mass is 396 g/mol. The van der Waals surface area contributed by atoms with Crippen LogP contribution in [0.1, 0.15) is 32.3 Å². The van der Waals surface area contributed by atoms with Gasteiger partial charge in [-0.3, -0.25) is 0 Å². The highest BCUT2D eigenvalue weighted by Crippen LogP contribution is 2.33. The molecule has 0 bridgehead atoms. The number of aliphatic hydroxyl groups is 1. The molecule has 2 N–H and O–H groups in total. The van der Waals surface area contributed by atoms with Crippen molar-refractivity contribution in [1.29, 1.82) is 0 Å². The minimum atomic E-state index is -0.134. The highest BCUT2D eigenvalue weighted by atomic mass is 19.1. The molecule has 2 aliphatic heterocycles. The fourth-order valence-corrected chi connectivity index (χ4v) is 4.16. The Morgan fingerprint density at radius 3 is 2.79 bits per heavy atom. The quantitative estimate of drug-likeness (QED) is 0.775. The van der Waals surface area contributed by atoms with E-state index in [1.165, 1.54) is 5.69 Å². The van der Waals surface area contributed by atoms with Gasteiger partial charge >= 0.3 is 0 Å². The van der Waals surface area contributed by atoms with Crippen molar-refractivity contribution in [2.75, 3.05) is 41.4 Å². The van der Waals surface area contributed by atoms with Gasteiger partial charge in [0.1, 0.15) is 11.6 Å². The molecule has 29 heavy (non-hydrogen) atoms. The molecular weight excluding hydrogens is 367 g/mol. The van der Waals surface area contributed by atoms with Crippen molar-refractivity contribution in [3.05, 3.63) is 47.9 Å². The van der Waals surface area contributed by atoms with E-state index in [1.54, 1.807) is 12.3 Å². The number of pyridine rings is 1. The summed E-state index contributed by atoms with van der Waals surface area (Å²) in [6.45, 7) is 6.63. The van der Waals surface area contributed by atoms with Gasteiger partial charge in [-0.05, 0) is 62.9 Å². The first-order chi connectivity index (χ1) is 14.0. The predicted octanol–water partition coefficient (Wildman–Crippen LogP) is 4.57. The number of benzene rings is 1. The molecule has 0 aliphatic carbocycles. The van der Waals surface area contributed by atoms with E-state index >= 15 is 0 Å². The third-order valence-corrected chi connectivity index (χ3v) is 5.76. The number of hydrogen-bond donors (Lipinski definition) is 2. The third-order valence-electron chi connectivity index (χ3n) is 5.76. The average Bonchev–Trinajstić information content (AvgIpc) is 2.74. The van der Waals surface area contributed by atoms with E-state index in [1.807, 2.05) is 6.07 Å². The van der Waals surface area contributed by atoms with Crippen molar-refractivity contribution in [1.82, 2.24) is 4.98 Å². The SMILES string of the molecule is CC(C)N1CC(F)=Cc2cnc(Nc3ccc(N4CCCC(CO)C4)cc3)cc21. The van der Waals surface area contributed by atoms with Gasteiger partial charge < -0.3 is 20.2 Å². The van der Waals surface area contributed by atoms with Crippen LogP contribution in [0.2, 0.25) is 0 Å². The Morgan fingerprint density at radius 2 is 2.07 bits per heavy atom. The van der Waals surface area contributed by atoms with Crippen LogP contribution in [-0.4, -0.2) is 42.4 Å². The molecule has 1 aromatic heterocycles. The molecule has 5 nitrogen and oxygen atoms in total. The summed E-state index contributed by atoms with van der Waals surface area (Å²) in [4.78, 5) is 8.85. The maximum atomic E-state index is 13.9. The molecule has 1 fully saturated rings. The maximum absolute atomic E-state index is 13.9. The fraction of sp³-hybridized carbons (Fsp3) is 0.435. The molecule has 1 atom stereocenters. The average molecular weight is 397 g/mol. The molecule has 1 unspecified atom stereocenters. The Bertz CT molecular complexity index is 881. The van der Waals surface area contributed by atoms with Gasteiger partial charge in [-0.15, -0.1) is 0 Å². The van der Waals surface area contributed by atoms with Crippen LogP contribution in [0.5, 0.6) is 0 Å². The van der Waals surface area contributed by atoms with Crippen molar-refractivity contribution < 1.29 is 9.50 Å². The Kier molecular flexibility index (Phi) is 5.72. The molecule has 4 rings (SSSR count). The summed E-state index contributed by atoms with van der Waals surface area (Å²) < 4.78 is 13.9. The first-order valence-electron chi connectivity index (χ1n) is 10.4. The Labute approximate surface area is 171 Å². The van der Waals surface area contributed by atoms with Gasteiger partial charge in [0, 0.05) is 60.6 Å². The number of halogens is 1. The number of piperidine rings is 1. The van der Waals surface area contributed by atoms with Gasteiger partial charge in [-0.2, -0.15) is 0 Å². The Balaban J connectivity index is 1.49. The first-order valence-corrected chi connectivity index (χ1v) is 10.4. The van der Waals surface area contributed by atoms with Gasteiger partial charge in [0.05, 0.1) is 6.54 Å². The van der Waals surface area contributed by atoms with Crippen molar-refractivity contribution in [3.8, 4) is 0 Å². The lowest BCUT2D eigenvalue weighted by Crippen LogP contribution is -2.36. The van der Waals surface area contributed by atoms with Crippen LogP contribution in [0.25, 0.3) is 6.08 Å². The lowest BCUT2D eigenvalue weighted by molar-refractivity contribution is 0.209. The normalized spacial score (nSPS) is 19.2. The van der Waals surface area contributed by atoms with E-state index in [2.05, 4.69) is 58.2 Å². The van der Waals surface area contributed by atoms with Crippen molar-refractivity contribution in [2.45, 2.75) is 32.7 Å². The maximum Gasteiger partial charge on any atom is 0.132 e. The summed E-state index contributed by atoms with van der Waals surface area (Å²) in [5.74, 6) is 0.977. The zero-order valence-corrected chi connectivity index (χ0v) is 17.1. The first kappa shape index (κ1) is 19.7. The molecule has 2 aromatic rings. The number of nitrogens with zero attached hydrogens (tertiary/aromatic N) is 3. The van der Waals surface area contributed by atoms with E-state index in [-0.39, 0.29) is 18.5 Å². The smallest absolute Gasteiger partial charge is 0.132 e. The highest BCUT2D eigenvalue weighted by Gasteiger charge is 2.22. The summed E-state index contributed by atoms with van der Waals surface area (Å²) in [5, 5.41) is 12.8. The topological polar surface area (TPSA) is 51.6 Å². The number of rotatable bonds is 5. The molecule has 1 aromatic carbocycles. The molecule has 1 saturated heterocycles. The number of fused-ring (bicyclic) bond motifs is 1. The lowest BCUT2D eigenvalue weighted by atomic mass is 9.98. The zero-order chi connectivity index (χ0) is 20.4. The van der Waals surface area contributed by atoms with Crippen LogP contribution in [0, 0.1) is 5.92 Å². The van der Waals surface area contributed by atoms with Crippen LogP contribution < -0.4 is 15.1 Å². The van der Waals surface area contributed by atoms with Gasteiger partial charge in [0.15, 0.2) is 0 Å². The standard InChI is InChI=1S/C23H29FN4O/c1-16(2)28-14-19(24)10-18-12-25-23(11-22(18)28)26-20-5-7-21(8-6-20)27-9-3-4-17(13-27)15-29/h5-8,10-12,16-17,29H,3-4,9,13-15H2,1-2H3,(H,25,26). The lowest BCUT2D eigenvalue weighted by Gasteiger charge is -2.33. The third kappa shape index (κ3) is 4.37. The van der Waals surface area contributed by atoms with Gasteiger partial charge in [0.2, 0.25) is 0 Å². The summed E-state index contributed by atoms with van der Waals surface area (Å²) in [6, 6.07) is 10.5. The van der Waals surface area contributed by atoms with E-state index < -0.39 is 0 Å². The number of hydrogen-bond acceptors (Lipinski definition) is 5. The number of aliphatic hydroxyl groups excluding tert-OH is 1. The van der Waals surface area contributed by atoms with Crippen molar-refractivity contribution >= 4 is 29.0 Å². The molecule has 0 saturated carbocycles. The van der Waals surface area contributed by atoms with Gasteiger partial charge in [-0.1, -0.05) is 0 Å². The molecule has 0 radical (unpaired) electrons. The van der Waals surface area contributed by atoms with Gasteiger partial charge in [-0.25, -0.2) is 9.37 Å². The molecule has 0 spiro atoms. The van der Waals surface area contributed by atoms with Crippen LogP contribution in [0.3, 0.4) is 0 Å². The fourth-order valence-electron chi connectivity index (χ4n) is 4.16. The predicted molar refractivity (Wildman–Crippen MR) is 118 cm³/mol. The second-order valence-electron chi connectivity index (χ2n) is 8.25. The van der Waals surface area contributed by atoms with E-state index in [0.29, 0.717) is 12.5 Å².